The summed E-state index contributed by atoms with van der Waals surface area (Å²) in [5.74, 6) is -1.08. The number of carbonyl (C=O) groups excluding carboxylic acids is 1. The number of nitrogens with two attached hydrogens (primary N) is 1. The van der Waals surface area contributed by atoms with Gasteiger partial charge in [-0.05, 0) is 83.5 Å². The second kappa shape index (κ2) is 22.7. The zero-order valence-corrected chi connectivity index (χ0v) is 30.8. The summed E-state index contributed by atoms with van der Waals surface area (Å²) in [7, 11) is 3.91. The first-order valence-electron chi connectivity index (χ1n) is 16.5. The van der Waals surface area contributed by atoms with E-state index in [9.17, 15) is 18.0 Å². The van der Waals surface area contributed by atoms with E-state index in [4.69, 9.17) is 10.8 Å². The molecule has 0 fully saturated rings. The molecule has 1 unspecified atom stereocenters. The third-order valence-electron chi connectivity index (χ3n) is 7.46. The molecule has 0 amide bonds. The standard InChI is InChI=1S/C25H26F4N4O2.C5H14N2.C5H10.C2H6/c1-4-5-20-18(12-35)23(32-10-15-6-7-16(11-34)31-9-15)22(26)24(33-20)17-8-19(30)13(2)14(3)21(17)25(27,28)29;1-5(7-3)4-6-2;1-4-5(2)3;1-2/h6-9,12,34H,4-5,10-11,30H2,1-3H3,(H,32,33);5-7H,4H2,1-3H3;2,4H2,1,3H3;1-2H3. The summed E-state index contributed by atoms with van der Waals surface area (Å²) in [4.78, 5) is 20.1. The zero-order chi connectivity index (χ0) is 37.9. The number of nitrogen functional groups attached to an aromatic ring is 1. The summed E-state index contributed by atoms with van der Waals surface area (Å²) in [6, 6.07) is 4.91. The summed E-state index contributed by atoms with van der Waals surface area (Å²) < 4.78 is 58.1. The first kappa shape index (κ1) is 45.1. The second-order valence-electron chi connectivity index (χ2n) is 11.2. The molecule has 2 aromatic heterocycles. The van der Waals surface area contributed by atoms with Gasteiger partial charge in [-0.2, -0.15) is 13.2 Å². The fourth-order valence-corrected chi connectivity index (χ4v) is 4.28. The van der Waals surface area contributed by atoms with E-state index in [-0.39, 0.29) is 53.3 Å². The van der Waals surface area contributed by atoms with Crippen molar-refractivity contribution in [2.24, 2.45) is 0 Å². The molecule has 3 aromatic rings. The van der Waals surface area contributed by atoms with Gasteiger partial charge in [0, 0.05) is 36.6 Å². The molecule has 0 saturated carbocycles. The fourth-order valence-electron chi connectivity index (χ4n) is 4.28. The van der Waals surface area contributed by atoms with Gasteiger partial charge in [0.1, 0.15) is 5.69 Å². The zero-order valence-electron chi connectivity index (χ0n) is 30.8. The Kier molecular flexibility index (Phi) is 20.9. The molecule has 0 aliphatic rings. The number of rotatable bonds is 12. The van der Waals surface area contributed by atoms with Crippen LogP contribution < -0.4 is 21.7 Å². The molecule has 12 heteroatoms. The molecule has 1 atom stereocenters. The van der Waals surface area contributed by atoms with Gasteiger partial charge in [0.05, 0.1) is 34.8 Å². The van der Waals surface area contributed by atoms with Gasteiger partial charge in [-0.25, -0.2) is 9.37 Å². The number of anilines is 2. The number of allylic oxidation sites excluding steroid dienone is 1. The Morgan fingerprint density at radius 3 is 2.16 bits per heavy atom. The molecule has 1 aromatic carbocycles. The topological polar surface area (TPSA) is 125 Å². The van der Waals surface area contributed by atoms with Crippen LogP contribution in [0.1, 0.15) is 98.4 Å². The van der Waals surface area contributed by atoms with Gasteiger partial charge in [-0.15, -0.1) is 6.58 Å². The number of aromatic nitrogens is 2. The van der Waals surface area contributed by atoms with Crippen molar-refractivity contribution in [1.29, 1.82) is 0 Å². The van der Waals surface area contributed by atoms with Crippen LogP contribution in [0.4, 0.5) is 28.9 Å². The number of pyridine rings is 2. The van der Waals surface area contributed by atoms with Crippen LogP contribution in [0.25, 0.3) is 11.3 Å². The van der Waals surface area contributed by atoms with E-state index in [1.807, 2.05) is 41.8 Å². The number of hydrogen-bond acceptors (Lipinski definition) is 8. The SMILES string of the molecule is C=C(C)CC.CC.CCCc1nc(-c2cc(N)c(C)c(C)c2C(F)(F)F)c(F)c(NCc2ccc(CO)nc2)c1C=O.CNCC(C)NC. The lowest BCUT2D eigenvalue weighted by molar-refractivity contribution is -0.137. The lowest BCUT2D eigenvalue weighted by Crippen LogP contribution is -2.31. The molecule has 0 radical (unpaired) electrons. The Balaban J connectivity index is 0.00000139. The molecule has 2 heterocycles. The maximum Gasteiger partial charge on any atom is 0.417 e. The lowest BCUT2D eigenvalue weighted by Gasteiger charge is -2.21. The van der Waals surface area contributed by atoms with Crippen molar-refractivity contribution in [2.45, 2.75) is 100 Å². The van der Waals surface area contributed by atoms with Gasteiger partial charge in [0.25, 0.3) is 0 Å². The van der Waals surface area contributed by atoms with Gasteiger partial charge in [-0.3, -0.25) is 9.78 Å². The average Bonchev–Trinajstić information content (AvgIpc) is 3.08. The van der Waals surface area contributed by atoms with E-state index in [2.05, 4.69) is 46.3 Å². The van der Waals surface area contributed by atoms with E-state index in [0.29, 0.717) is 30.0 Å². The Labute approximate surface area is 290 Å². The first-order valence-corrected chi connectivity index (χ1v) is 16.5. The molecular weight excluding hydrogens is 636 g/mol. The van der Waals surface area contributed by atoms with Gasteiger partial charge in [0.15, 0.2) is 12.1 Å². The number of halogens is 4. The van der Waals surface area contributed by atoms with E-state index in [1.54, 1.807) is 12.1 Å². The Morgan fingerprint density at radius 2 is 1.76 bits per heavy atom. The highest BCUT2D eigenvalue weighted by atomic mass is 19.4. The van der Waals surface area contributed by atoms with Crippen LogP contribution in [-0.4, -0.2) is 48.0 Å². The largest absolute Gasteiger partial charge is 0.417 e. The Hall–Kier alpha value is -3.87. The molecule has 274 valence electrons. The molecule has 0 bridgehead atoms. The van der Waals surface area contributed by atoms with Crippen LogP contribution in [0.2, 0.25) is 0 Å². The predicted octanol–water partition coefficient (Wildman–Crippen LogP) is 8.18. The number of aliphatic hydroxyl groups excluding tert-OH is 1. The summed E-state index contributed by atoms with van der Waals surface area (Å²) in [5.41, 5.74) is 6.31. The van der Waals surface area contributed by atoms with Gasteiger partial charge in [-0.1, -0.05) is 45.8 Å². The summed E-state index contributed by atoms with van der Waals surface area (Å²) in [5, 5.41) is 18.1. The molecule has 3 rings (SSSR count). The predicted molar refractivity (Wildman–Crippen MR) is 194 cm³/mol. The fraction of sp³-hybridized carbons (Fsp3) is 0.486. The number of nitrogens with zero attached hydrogens (tertiary/aromatic N) is 2. The minimum atomic E-state index is -4.78. The normalized spacial score (nSPS) is 11.2. The quantitative estimate of drug-likeness (QED) is 0.0557. The second-order valence-corrected chi connectivity index (χ2v) is 11.2. The van der Waals surface area contributed by atoms with Crippen molar-refractivity contribution in [2.75, 3.05) is 31.7 Å². The van der Waals surface area contributed by atoms with Gasteiger partial charge >= 0.3 is 6.18 Å². The van der Waals surface area contributed by atoms with Crippen LogP contribution in [0.15, 0.2) is 36.5 Å². The number of nitrogens with one attached hydrogen (secondary N) is 3. The minimum Gasteiger partial charge on any atom is -0.398 e. The number of aliphatic hydroxyl groups is 1. The van der Waals surface area contributed by atoms with E-state index in [1.165, 1.54) is 25.6 Å². The summed E-state index contributed by atoms with van der Waals surface area (Å²) in [6.45, 7) is 19.3. The molecule has 0 saturated heterocycles. The number of benzene rings is 1. The maximum atomic E-state index is 15.8. The lowest BCUT2D eigenvalue weighted by atomic mass is 9.92. The molecule has 8 nitrogen and oxygen atoms in total. The highest BCUT2D eigenvalue weighted by Crippen LogP contribution is 2.43. The number of carbonyl (C=O) groups is 1. The van der Waals surface area contributed by atoms with Gasteiger partial charge in [0.2, 0.25) is 0 Å². The Morgan fingerprint density at radius 1 is 1.14 bits per heavy atom. The minimum absolute atomic E-state index is 0.0344. The number of hydrogen-bond donors (Lipinski definition) is 5. The van der Waals surface area contributed by atoms with Crippen LogP contribution in [0.5, 0.6) is 0 Å². The molecule has 6 N–H and O–H groups in total. The monoisotopic (exact) mass is 692 g/mol. The smallest absolute Gasteiger partial charge is 0.398 e. The van der Waals surface area contributed by atoms with Crippen molar-refractivity contribution in [3.05, 3.63) is 81.6 Å². The molecule has 0 aliphatic carbocycles. The number of likely N-dealkylation sites (N-methyl/N-ethyl adjacent to an activating group) is 2. The Bertz CT molecular complexity index is 1460. The molecule has 49 heavy (non-hydrogen) atoms. The highest BCUT2D eigenvalue weighted by Gasteiger charge is 2.38. The van der Waals surface area contributed by atoms with Crippen molar-refractivity contribution in [1.82, 2.24) is 20.6 Å². The van der Waals surface area contributed by atoms with Crippen LogP contribution in [0.3, 0.4) is 0 Å². The van der Waals surface area contributed by atoms with Crippen molar-refractivity contribution in [3.63, 3.8) is 0 Å². The van der Waals surface area contributed by atoms with E-state index >= 15 is 4.39 Å². The third kappa shape index (κ3) is 13.9. The number of aryl methyl sites for hydroxylation is 1. The summed E-state index contributed by atoms with van der Waals surface area (Å²) in [6.07, 6.45) is -0.970. The maximum absolute atomic E-state index is 15.8. The molecular formula is C37H56F4N6O2. The third-order valence-corrected chi connectivity index (χ3v) is 7.46. The van der Waals surface area contributed by atoms with Gasteiger partial charge < -0.3 is 26.8 Å². The number of alkyl halides is 3. The van der Waals surface area contributed by atoms with Crippen LogP contribution in [0, 0.1) is 19.7 Å². The van der Waals surface area contributed by atoms with E-state index < -0.39 is 28.8 Å². The highest BCUT2D eigenvalue weighted by molar-refractivity contribution is 5.89. The van der Waals surface area contributed by atoms with Crippen LogP contribution >= 0.6 is 0 Å². The molecule has 0 spiro atoms. The summed E-state index contributed by atoms with van der Waals surface area (Å²) >= 11 is 0. The van der Waals surface area contributed by atoms with Crippen molar-refractivity contribution < 1.29 is 27.5 Å². The first-order chi connectivity index (χ1) is 23.1. The molecule has 0 aliphatic heterocycles. The average molecular weight is 693 g/mol. The van der Waals surface area contributed by atoms with Crippen molar-refractivity contribution in [3.8, 4) is 11.3 Å². The van der Waals surface area contributed by atoms with Crippen molar-refractivity contribution >= 4 is 17.7 Å². The number of aldehydes is 1. The van der Waals surface area contributed by atoms with E-state index in [0.717, 1.165) is 19.0 Å². The van der Waals surface area contributed by atoms with Crippen LogP contribution in [-0.2, 0) is 25.7 Å².